The van der Waals surface area contributed by atoms with Gasteiger partial charge in [0.15, 0.2) is 0 Å². The predicted octanol–water partition coefficient (Wildman–Crippen LogP) is 2.04. The Labute approximate surface area is 124 Å². The summed E-state index contributed by atoms with van der Waals surface area (Å²) in [5.41, 5.74) is 1.08. The van der Waals surface area contributed by atoms with Crippen LogP contribution in [-0.2, 0) is 0 Å². The van der Waals surface area contributed by atoms with Gasteiger partial charge in [-0.25, -0.2) is 15.0 Å². The SMILES string of the molecule is Cc1cccc(N2CC[C@@H]3[C@H]2CCN3c2ncccn2)n1. The molecule has 21 heavy (non-hydrogen) atoms. The quantitative estimate of drug-likeness (QED) is 0.843. The average molecular weight is 281 g/mol. The second-order valence-corrected chi connectivity index (χ2v) is 5.78. The number of aryl methyl sites for hydroxylation is 1. The molecular weight excluding hydrogens is 262 g/mol. The Bertz CT molecular complexity index is 630. The highest BCUT2D eigenvalue weighted by Crippen LogP contribution is 2.35. The number of hydrogen-bond donors (Lipinski definition) is 0. The van der Waals surface area contributed by atoms with Crippen LogP contribution in [0.25, 0.3) is 0 Å². The van der Waals surface area contributed by atoms with E-state index >= 15 is 0 Å². The van der Waals surface area contributed by atoms with Crippen molar-refractivity contribution in [2.45, 2.75) is 31.8 Å². The highest BCUT2D eigenvalue weighted by molar-refractivity contribution is 5.47. The molecule has 2 aliphatic heterocycles. The second-order valence-electron chi connectivity index (χ2n) is 5.78. The molecule has 2 atom stereocenters. The smallest absolute Gasteiger partial charge is 0.225 e. The molecule has 0 radical (unpaired) electrons. The van der Waals surface area contributed by atoms with E-state index in [4.69, 9.17) is 0 Å². The third-order valence-electron chi connectivity index (χ3n) is 4.55. The van der Waals surface area contributed by atoms with Crippen LogP contribution in [0.3, 0.4) is 0 Å². The first-order valence-corrected chi connectivity index (χ1v) is 7.57. The van der Waals surface area contributed by atoms with Gasteiger partial charge in [0.2, 0.25) is 5.95 Å². The summed E-state index contributed by atoms with van der Waals surface area (Å²) in [4.78, 5) is 18.3. The summed E-state index contributed by atoms with van der Waals surface area (Å²) in [6.45, 7) is 4.15. The van der Waals surface area contributed by atoms with Crippen LogP contribution < -0.4 is 9.80 Å². The van der Waals surface area contributed by atoms with Gasteiger partial charge >= 0.3 is 0 Å². The Hall–Kier alpha value is -2.17. The molecule has 2 aromatic rings. The molecule has 0 N–H and O–H groups in total. The highest BCUT2D eigenvalue weighted by Gasteiger charge is 2.43. The van der Waals surface area contributed by atoms with Gasteiger partial charge in [-0.15, -0.1) is 0 Å². The minimum Gasteiger partial charge on any atom is -0.351 e. The summed E-state index contributed by atoms with van der Waals surface area (Å²) in [6.07, 6.45) is 5.95. The Kier molecular flexibility index (Phi) is 2.98. The van der Waals surface area contributed by atoms with Crippen LogP contribution in [-0.4, -0.2) is 40.1 Å². The first kappa shape index (κ1) is 12.6. The van der Waals surface area contributed by atoms with Crippen molar-refractivity contribution in [1.82, 2.24) is 15.0 Å². The van der Waals surface area contributed by atoms with Gasteiger partial charge in [-0.2, -0.15) is 0 Å². The largest absolute Gasteiger partial charge is 0.351 e. The normalized spacial score (nSPS) is 24.4. The molecule has 2 aliphatic rings. The molecule has 108 valence electrons. The van der Waals surface area contributed by atoms with Crippen molar-refractivity contribution in [3.8, 4) is 0 Å². The summed E-state index contributed by atoms with van der Waals surface area (Å²) in [5.74, 6) is 1.97. The second kappa shape index (κ2) is 4.98. The number of nitrogens with zero attached hydrogens (tertiary/aromatic N) is 5. The molecular formula is C16H19N5. The molecule has 0 aliphatic carbocycles. The van der Waals surface area contributed by atoms with Crippen LogP contribution in [0, 0.1) is 6.92 Å². The van der Waals surface area contributed by atoms with Crippen LogP contribution in [0.2, 0.25) is 0 Å². The third-order valence-corrected chi connectivity index (χ3v) is 4.55. The minimum atomic E-state index is 0.509. The maximum atomic E-state index is 4.69. The van der Waals surface area contributed by atoms with E-state index in [0.717, 1.165) is 43.4 Å². The maximum absolute atomic E-state index is 4.69. The standard InChI is InChI=1S/C16H19N5/c1-12-4-2-5-15(19-12)20-10-6-14-13(20)7-11-21(14)16-17-8-3-9-18-16/h2-5,8-9,13-14H,6-7,10-11H2,1H3/t13-,14-/m1/s1. The van der Waals surface area contributed by atoms with Gasteiger partial charge in [0.05, 0.1) is 12.1 Å². The predicted molar refractivity (Wildman–Crippen MR) is 82.5 cm³/mol. The van der Waals surface area contributed by atoms with Crippen molar-refractivity contribution in [3.05, 3.63) is 42.4 Å². The van der Waals surface area contributed by atoms with E-state index in [-0.39, 0.29) is 0 Å². The number of fused-ring (bicyclic) bond motifs is 1. The summed E-state index contributed by atoms with van der Waals surface area (Å²) in [6, 6.07) is 9.18. The molecule has 2 fully saturated rings. The van der Waals surface area contributed by atoms with Crippen molar-refractivity contribution in [1.29, 1.82) is 0 Å². The molecule has 4 rings (SSSR count). The molecule has 0 unspecified atom stereocenters. The number of aromatic nitrogens is 3. The lowest BCUT2D eigenvalue weighted by Crippen LogP contribution is -2.37. The van der Waals surface area contributed by atoms with Crippen LogP contribution in [0.5, 0.6) is 0 Å². The van der Waals surface area contributed by atoms with E-state index < -0.39 is 0 Å². The van der Waals surface area contributed by atoms with E-state index in [1.807, 2.05) is 18.5 Å². The van der Waals surface area contributed by atoms with Gasteiger partial charge in [-0.1, -0.05) is 6.07 Å². The summed E-state index contributed by atoms with van der Waals surface area (Å²) in [7, 11) is 0. The van der Waals surface area contributed by atoms with Crippen molar-refractivity contribution in [2.75, 3.05) is 22.9 Å². The van der Waals surface area contributed by atoms with Gasteiger partial charge in [0, 0.05) is 31.2 Å². The molecule has 0 bridgehead atoms. The Morgan fingerprint density at radius 1 is 0.952 bits per heavy atom. The fourth-order valence-corrected chi connectivity index (χ4v) is 3.65. The van der Waals surface area contributed by atoms with Crippen molar-refractivity contribution < 1.29 is 0 Å². The molecule has 5 nitrogen and oxygen atoms in total. The Morgan fingerprint density at radius 2 is 1.67 bits per heavy atom. The molecule has 2 aromatic heterocycles. The summed E-state index contributed by atoms with van der Waals surface area (Å²) in [5, 5.41) is 0. The first-order chi connectivity index (χ1) is 10.3. The lowest BCUT2D eigenvalue weighted by molar-refractivity contribution is 0.635. The maximum Gasteiger partial charge on any atom is 0.225 e. The van der Waals surface area contributed by atoms with Crippen molar-refractivity contribution in [2.24, 2.45) is 0 Å². The number of anilines is 2. The molecule has 2 saturated heterocycles. The lowest BCUT2D eigenvalue weighted by atomic mass is 10.1. The number of rotatable bonds is 2. The fraction of sp³-hybridized carbons (Fsp3) is 0.438. The topological polar surface area (TPSA) is 45.2 Å². The molecule has 0 amide bonds. The molecule has 5 heteroatoms. The van der Waals surface area contributed by atoms with Crippen LogP contribution in [0.4, 0.5) is 11.8 Å². The van der Waals surface area contributed by atoms with Gasteiger partial charge in [-0.05, 0) is 38.0 Å². The Balaban J connectivity index is 1.59. The molecule has 0 saturated carbocycles. The monoisotopic (exact) mass is 281 g/mol. The van der Waals surface area contributed by atoms with E-state index in [0.29, 0.717) is 12.1 Å². The third kappa shape index (κ3) is 2.13. The molecule has 4 heterocycles. The lowest BCUT2D eigenvalue weighted by Gasteiger charge is -2.26. The van der Waals surface area contributed by atoms with E-state index in [9.17, 15) is 0 Å². The van der Waals surface area contributed by atoms with Crippen LogP contribution >= 0.6 is 0 Å². The summed E-state index contributed by atoms with van der Waals surface area (Å²) >= 11 is 0. The van der Waals surface area contributed by atoms with Gasteiger partial charge in [0.25, 0.3) is 0 Å². The highest BCUT2D eigenvalue weighted by atomic mass is 15.4. The Morgan fingerprint density at radius 3 is 2.43 bits per heavy atom. The number of pyridine rings is 1. The number of hydrogen-bond acceptors (Lipinski definition) is 5. The first-order valence-electron chi connectivity index (χ1n) is 7.57. The van der Waals surface area contributed by atoms with E-state index in [1.165, 1.54) is 0 Å². The van der Waals surface area contributed by atoms with Crippen LogP contribution in [0.1, 0.15) is 18.5 Å². The molecule has 0 spiro atoms. The van der Waals surface area contributed by atoms with Gasteiger partial charge in [0.1, 0.15) is 5.82 Å². The van der Waals surface area contributed by atoms with Gasteiger partial charge < -0.3 is 9.80 Å². The van der Waals surface area contributed by atoms with Crippen LogP contribution in [0.15, 0.2) is 36.7 Å². The molecule has 0 aromatic carbocycles. The van der Waals surface area contributed by atoms with E-state index in [1.54, 1.807) is 0 Å². The van der Waals surface area contributed by atoms with Crippen molar-refractivity contribution in [3.63, 3.8) is 0 Å². The zero-order valence-electron chi connectivity index (χ0n) is 12.2. The van der Waals surface area contributed by atoms with Crippen molar-refractivity contribution >= 4 is 11.8 Å². The fourth-order valence-electron chi connectivity index (χ4n) is 3.65. The van der Waals surface area contributed by atoms with Gasteiger partial charge in [-0.3, -0.25) is 0 Å². The van der Waals surface area contributed by atoms with E-state index in [2.05, 4.69) is 49.9 Å². The average Bonchev–Trinajstić information content (AvgIpc) is 3.09. The summed E-state index contributed by atoms with van der Waals surface area (Å²) < 4.78 is 0. The zero-order valence-corrected chi connectivity index (χ0v) is 12.2. The zero-order chi connectivity index (χ0) is 14.2. The minimum absolute atomic E-state index is 0.509.